The highest BCUT2D eigenvalue weighted by Gasteiger charge is 2.31. The van der Waals surface area contributed by atoms with E-state index in [-0.39, 0.29) is 11.6 Å². The number of alkyl halides is 3. The average molecular weight is 438 g/mol. The molecule has 10 heteroatoms. The van der Waals surface area contributed by atoms with Crippen molar-refractivity contribution in [1.82, 2.24) is 15.1 Å². The second-order valence-corrected chi connectivity index (χ2v) is 7.97. The number of carboxylic acids is 1. The Kier molecular flexibility index (Phi) is 6.68. The predicted octanol–water partition coefficient (Wildman–Crippen LogP) is 3.77. The lowest BCUT2D eigenvalue weighted by molar-refractivity contribution is -0.142. The zero-order valence-corrected chi connectivity index (χ0v) is 17.3. The van der Waals surface area contributed by atoms with E-state index in [0.29, 0.717) is 36.2 Å². The van der Waals surface area contributed by atoms with Gasteiger partial charge in [-0.15, -0.1) is 10.2 Å². The molecule has 3 rings (SSSR count). The molecule has 31 heavy (non-hydrogen) atoms. The molecule has 1 aliphatic rings. The van der Waals surface area contributed by atoms with Gasteiger partial charge in [0.25, 0.3) is 0 Å². The monoisotopic (exact) mass is 438 g/mol. The molecule has 2 aromatic rings. The van der Waals surface area contributed by atoms with Gasteiger partial charge in [-0.25, -0.2) is 0 Å². The number of phenolic OH excluding ortho intramolecular Hbond substituents is 1. The fraction of sp³-hybridized carbons (Fsp3) is 0.476. The van der Waals surface area contributed by atoms with E-state index in [4.69, 9.17) is 5.11 Å². The highest BCUT2D eigenvalue weighted by Crippen LogP contribution is 2.36. The Bertz CT molecular complexity index is 952. The number of carbonyl (C=O) groups is 1. The van der Waals surface area contributed by atoms with Crippen LogP contribution in [0.2, 0.25) is 0 Å². The lowest BCUT2D eigenvalue weighted by atomic mass is 10.0. The number of hydrogen-bond donors (Lipinski definition) is 3. The van der Waals surface area contributed by atoms with Crippen molar-refractivity contribution >= 4 is 11.8 Å². The number of aromatic hydroxyl groups is 1. The highest BCUT2D eigenvalue weighted by atomic mass is 19.4. The van der Waals surface area contributed by atoms with Crippen molar-refractivity contribution in [2.45, 2.75) is 38.9 Å². The number of nitrogens with one attached hydrogen (secondary N) is 1. The number of hydrogen-bond acceptors (Lipinski definition) is 6. The Hall–Kier alpha value is -2.88. The number of benzene rings is 1. The van der Waals surface area contributed by atoms with Crippen molar-refractivity contribution in [1.29, 1.82) is 0 Å². The van der Waals surface area contributed by atoms with Crippen LogP contribution in [0, 0.1) is 12.8 Å². The van der Waals surface area contributed by atoms with Gasteiger partial charge >= 0.3 is 12.1 Å². The summed E-state index contributed by atoms with van der Waals surface area (Å²) in [6.45, 7) is 5.43. The van der Waals surface area contributed by atoms with Crippen molar-refractivity contribution in [2.24, 2.45) is 5.92 Å². The van der Waals surface area contributed by atoms with Crippen molar-refractivity contribution in [3.05, 3.63) is 35.4 Å². The number of aromatic nitrogens is 2. The Balaban J connectivity index is 1.71. The minimum absolute atomic E-state index is 0.0776. The molecule has 0 radical (unpaired) electrons. The van der Waals surface area contributed by atoms with Gasteiger partial charge in [0.15, 0.2) is 0 Å². The van der Waals surface area contributed by atoms with Crippen LogP contribution in [0.4, 0.5) is 19.0 Å². The topological polar surface area (TPSA) is 98.6 Å². The first kappa shape index (κ1) is 22.8. The zero-order valence-electron chi connectivity index (χ0n) is 17.3. The van der Waals surface area contributed by atoms with Crippen LogP contribution >= 0.6 is 0 Å². The van der Waals surface area contributed by atoms with Gasteiger partial charge in [-0.05, 0) is 56.1 Å². The van der Waals surface area contributed by atoms with Gasteiger partial charge in [0.2, 0.25) is 0 Å². The first-order chi connectivity index (χ1) is 14.5. The molecule has 2 heterocycles. The summed E-state index contributed by atoms with van der Waals surface area (Å²) in [7, 11) is 0. The summed E-state index contributed by atoms with van der Waals surface area (Å²) in [6, 6.07) is 4.58. The van der Waals surface area contributed by atoms with Gasteiger partial charge in [-0.2, -0.15) is 13.2 Å². The molecule has 2 atom stereocenters. The molecule has 2 unspecified atom stereocenters. The number of piperidine rings is 1. The highest BCUT2D eigenvalue weighted by molar-refractivity contribution is 5.71. The maximum absolute atomic E-state index is 12.8. The number of anilines is 1. The van der Waals surface area contributed by atoms with Crippen molar-refractivity contribution in [3.63, 3.8) is 0 Å². The Labute approximate surface area is 177 Å². The molecular formula is C21H25F3N4O3. The molecular weight excluding hydrogens is 413 g/mol. The van der Waals surface area contributed by atoms with E-state index >= 15 is 0 Å². The smallest absolute Gasteiger partial charge is 0.416 e. The van der Waals surface area contributed by atoms with Crippen molar-refractivity contribution < 1.29 is 28.2 Å². The molecule has 0 amide bonds. The molecule has 0 spiro atoms. The Morgan fingerprint density at radius 3 is 2.68 bits per heavy atom. The third-order valence-electron chi connectivity index (χ3n) is 5.38. The molecule has 1 aromatic carbocycles. The standard InChI is InChI=1S/C21H25F3N4O3/c1-12-8-18(25-15-4-3-7-28(11-15)10-13(2)20(30)31)26-27-19(12)16-6-5-14(9-17(16)29)21(22,23)24/h5-6,8-9,13,15,29H,3-4,7,10-11H2,1-2H3,(H,25,26)(H,30,31). The van der Waals surface area contributed by atoms with Crippen LogP contribution in [0.5, 0.6) is 5.75 Å². The van der Waals surface area contributed by atoms with E-state index in [1.54, 1.807) is 19.9 Å². The largest absolute Gasteiger partial charge is 0.507 e. The first-order valence-electron chi connectivity index (χ1n) is 10.0. The van der Waals surface area contributed by atoms with E-state index in [1.165, 1.54) is 6.07 Å². The minimum Gasteiger partial charge on any atom is -0.507 e. The van der Waals surface area contributed by atoms with E-state index in [1.807, 2.05) is 0 Å². The van der Waals surface area contributed by atoms with Crippen molar-refractivity contribution in [2.75, 3.05) is 25.0 Å². The quantitative estimate of drug-likeness (QED) is 0.631. The van der Waals surface area contributed by atoms with Crippen molar-refractivity contribution in [3.8, 4) is 17.0 Å². The fourth-order valence-corrected chi connectivity index (χ4v) is 3.74. The predicted molar refractivity (Wildman–Crippen MR) is 109 cm³/mol. The van der Waals surface area contributed by atoms with Crippen LogP contribution in [0.25, 0.3) is 11.3 Å². The second kappa shape index (κ2) is 9.09. The third-order valence-corrected chi connectivity index (χ3v) is 5.38. The second-order valence-electron chi connectivity index (χ2n) is 7.97. The van der Waals surface area contributed by atoms with Gasteiger partial charge in [-0.3, -0.25) is 4.79 Å². The molecule has 3 N–H and O–H groups in total. The van der Waals surface area contributed by atoms with Crippen LogP contribution in [-0.4, -0.2) is 57.0 Å². The Morgan fingerprint density at radius 2 is 2.06 bits per heavy atom. The number of aryl methyl sites for hydroxylation is 1. The van der Waals surface area contributed by atoms with Crippen LogP contribution < -0.4 is 5.32 Å². The number of likely N-dealkylation sites (tertiary alicyclic amines) is 1. The fourth-order valence-electron chi connectivity index (χ4n) is 3.74. The number of phenols is 1. The van der Waals surface area contributed by atoms with E-state index in [2.05, 4.69) is 20.4 Å². The molecule has 168 valence electrons. The third kappa shape index (κ3) is 5.63. The maximum atomic E-state index is 12.8. The lowest BCUT2D eigenvalue weighted by Gasteiger charge is -2.34. The zero-order chi connectivity index (χ0) is 22.8. The molecule has 1 saturated heterocycles. The van der Waals surface area contributed by atoms with Gasteiger partial charge in [0.05, 0.1) is 17.2 Å². The summed E-state index contributed by atoms with van der Waals surface area (Å²) >= 11 is 0. The number of rotatable bonds is 6. The summed E-state index contributed by atoms with van der Waals surface area (Å²) in [5.74, 6) is -1.26. The van der Waals surface area contributed by atoms with Crippen LogP contribution in [0.1, 0.15) is 30.9 Å². The molecule has 1 fully saturated rings. The molecule has 0 saturated carbocycles. The molecule has 0 aliphatic carbocycles. The van der Waals surface area contributed by atoms with Crippen LogP contribution in [0.15, 0.2) is 24.3 Å². The van der Waals surface area contributed by atoms with E-state index in [9.17, 15) is 23.1 Å². The van der Waals surface area contributed by atoms with Gasteiger partial charge in [0, 0.05) is 24.7 Å². The minimum atomic E-state index is -4.54. The maximum Gasteiger partial charge on any atom is 0.416 e. The number of nitrogens with zero attached hydrogens (tertiary/aromatic N) is 3. The average Bonchev–Trinajstić information content (AvgIpc) is 2.68. The molecule has 0 bridgehead atoms. The van der Waals surface area contributed by atoms with Gasteiger partial charge in [-0.1, -0.05) is 6.92 Å². The first-order valence-corrected chi connectivity index (χ1v) is 10.0. The summed E-state index contributed by atoms with van der Waals surface area (Å²) in [6.07, 6.45) is -2.71. The number of carboxylic acid groups (broad SMARTS) is 1. The van der Waals surface area contributed by atoms with Crippen LogP contribution in [-0.2, 0) is 11.0 Å². The summed E-state index contributed by atoms with van der Waals surface area (Å²) < 4.78 is 38.4. The lowest BCUT2D eigenvalue weighted by Crippen LogP contribution is -2.44. The number of aliphatic carboxylic acids is 1. The molecule has 1 aliphatic heterocycles. The summed E-state index contributed by atoms with van der Waals surface area (Å²) in [5.41, 5.74) is 0.199. The molecule has 1 aromatic heterocycles. The van der Waals surface area contributed by atoms with E-state index in [0.717, 1.165) is 25.5 Å². The number of halogens is 3. The van der Waals surface area contributed by atoms with Gasteiger partial charge in [0.1, 0.15) is 11.6 Å². The Morgan fingerprint density at radius 1 is 1.32 bits per heavy atom. The summed E-state index contributed by atoms with van der Waals surface area (Å²) in [5, 5.41) is 30.7. The molecule has 7 nitrogen and oxygen atoms in total. The SMILES string of the molecule is Cc1cc(NC2CCCN(CC(C)C(=O)O)C2)nnc1-c1ccc(C(F)(F)F)cc1O. The van der Waals surface area contributed by atoms with Gasteiger partial charge < -0.3 is 20.4 Å². The summed E-state index contributed by atoms with van der Waals surface area (Å²) in [4.78, 5) is 13.2. The van der Waals surface area contributed by atoms with E-state index < -0.39 is 29.4 Å². The van der Waals surface area contributed by atoms with Crippen LogP contribution in [0.3, 0.4) is 0 Å². The normalized spacial score (nSPS) is 18.5.